The minimum absolute atomic E-state index is 1.03. The van der Waals surface area contributed by atoms with Gasteiger partial charge in [-0.25, -0.2) is 0 Å². The molecular weight excluding hydrogens is 206 g/mol. The summed E-state index contributed by atoms with van der Waals surface area (Å²) in [6.45, 7) is 2.62. The van der Waals surface area contributed by atoms with Crippen LogP contribution in [0.3, 0.4) is 0 Å². The summed E-state index contributed by atoms with van der Waals surface area (Å²) in [7, 11) is 0. The Bertz CT molecular complexity index is 249. The zero-order chi connectivity index (χ0) is 11.2. The fraction of sp³-hybridized carbons (Fsp3) is 1.00. The van der Waals surface area contributed by atoms with Crippen molar-refractivity contribution in [1.29, 1.82) is 0 Å². The highest BCUT2D eigenvalue weighted by Crippen LogP contribution is 2.58. The second-order valence-corrected chi connectivity index (χ2v) is 7.47. The van der Waals surface area contributed by atoms with Gasteiger partial charge in [-0.05, 0) is 93.5 Å². The van der Waals surface area contributed by atoms with Crippen molar-refractivity contribution in [3.05, 3.63) is 0 Å². The van der Waals surface area contributed by atoms with Crippen molar-refractivity contribution in [1.82, 2.24) is 5.32 Å². The van der Waals surface area contributed by atoms with Crippen LogP contribution in [0.1, 0.15) is 51.4 Å². The lowest BCUT2D eigenvalue weighted by Gasteiger charge is -2.56. The fourth-order valence-electron chi connectivity index (χ4n) is 6.11. The van der Waals surface area contributed by atoms with Gasteiger partial charge >= 0.3 is 0 Å². The smallest absolute Gasteiger partial charge is 0.00177 e. The monoisotopic (exact) mass is 233 g/mol. The molecule has 1 atom stereocenters. The highest BCUT2D eigenvalue weighted by atomic mass is 14.9. The largest absolute Gasteiger partial charge is 0.316 e. The van der Waals surface area contributed by atoms with Crippen molar-refractivity contribution in [3.8, 4) is 0 Å². The van der Waals surface area contributed by atoms with E-state index >= 15 is 0 Å². The van der Waals surface area contributed by atoms with Crippen LogP contribution in [0.15, 0.2) is 0 Å². The lowest BCUT2D eigenvalue weighted by Crippen LogP contribution is -2.49. The Balaban J connectivity index is 1.53. The van der Waals surface area contributed by atoms with Gasteiger partial charge < -0.3 is 5.32 Å². The van der Waals surface area contributed by atoms with Gasteiger partial charge in [-0.3, -0.25) is 0 Å². The van der Waals surface area contributed by atoms with E-state index < -0.39 is 0 Å². The molecule has 1 saturated heterocycles. The summed E-state index contributed by atoms with van der Waals surface area (Å²) in [5, 5.41) is 3.71. The van der Waals surface area contributed by atoms with Gasteiger partial charge in [0.2, 0.25) is 0 Å². The van der Waals surface area contributed by atoms with Crippen molar-refractivity contribution in [2.75, 3.05) is 13.1 Å². The molecular formula is C16H27N. The molecule has 1 unspecified atom stereocenters. The average molecular weight is 233 g/mol. The van der Waals surface area contributed by atoms with Gasteiger partial charge in [-0.1, -0.05) is 6.42 Å². The van der Waals surface area contributed by atoms with Crippen LogP contribution in [-0.4, -0.2) is 13.1 Å². The maximum Gasteiger partial charge on any atom is -0.00177 e. The summed E-state index contributed by atoms with van der Waals surface area (Å²) in [6, 6.07) is 0. The molecule has 5 fully saturated rings. The van der Waals surface area contributed by atoms with Crippen LogP contribution in [0.5, 0.6) is 0 Å². The van der Waals surface area contributed by atoms with E-state index in [0.29, 0.717) is 0 Å². The van der Waals surface area contributed by atoms with E-state index in [0.717, 1.165) is 35.5 Å². The first-order valence-electron chi connectivity index (χ1n) is 8.11. The molecule has 1 nitrogen and oxygen atoms in total. The van der Waals surface area contributed by atoms with Gasteiger partial charge in [0.1, 0.15) is 0 Å². The van der Waals surface area contributed by atoms with Gasteiger partial charge in [0.15, 0.2) is 0 Å². The van der Waals surface area contributed by atoms with Crippen molar-refractivity contribution >= 4 is 0 Å². The zero-order valence-corrected chi connectivity index (χ0v) is 11.0. The Kier molecular flexibility index (Phi) is 2.72. The fourth-order valence-corrected chi connectivity index (χ4v) is 6.11. The molecule has 4 aliphatic carbocycles. The lowest BCUT2D eigenvalue weighted by atomic mass is 9.49. The second-order valence-electron chi connectivity index (χ2n) is 7.47. The molecule has 4 saturated carbocycles. The third-order valence-corrected chi connectivity index (χ3v) is 6.43. The van der Waals surface area contributed by atoms with Crippen LogP contribution in [0.25, 0.3) is 0 Å². The molecule has 0 aromatic heterocycles. The van der Waals surface area contributed by atoms with E-state index in [2.05, 4.69) is 5.32 Å². The Morgan fingerprint density at radius 3 is 2.12 bits per heavy atom. The molecule has 0 radical (unpaired) electrons. The van der Waals surface area contributed by atoms with E-state index in [-0.39, 0.29) is 0 Å². The quantitative estimate of drug-likeness (QED) is 0.731. The topological polar surface area (TPSA) is 12.0 Å². The normalized spacial score (nSPS) is 53.6. The third-order valence-electron chi connectivity index (χ3n) is 6.43. The lowest BCUT2D eigenvalue weighted by molar-refractivity contribution is -0.0620. The molecule has 17 heavy (non-hydrogen) atoms. The first kappa shape index (κ1) is 10.8. The first-order chi connectivity index (χ1) is 8.40. The summed E-state index contributed by atoms with van der Waals surface area (Å²) in [5.41, 5.74) is 0. The Hall–Kier alpha value is -0.0400. The molecule has 0 aromatic rings. The SMILES string of the molecule is C1CCC(C2C3CC4CC(C3)CC2C4)CNC1. The van der Waals surface area contributed by atoms with Crippen LogP contribution in [-0.2, 0) is 0 Å². The average Bonchev–Trinajstić information content (AvgIpc) is 2.56. The molecule has 4 bridgehead atoms. The molecule has 1 heterocycles. The third kappa shape index (κ3) is 1.85. The van der Waals surface area contributed by atoms with Gasteiger partial charge in [-0.2, -0.15) is 0 Å². The molecule has 1 N–H and O–H groups in total. The van der Waals surface area contributed by atoms with Crippen LogP contribution in [0.2, 0.25) is 0 Å². The van der Waals surface area contributed by atoms with E-state index in [1.807, 2.05) is 0 Å². The molecule has 96 valence electrons. The predicted molar refractivity (Wildman–Crippen MR) is 70.7 cm³/mol. The summed E-state index contributed by atoms with van der Waals surface area (Å²) in [5.74, 6) is 6.72. The van der Waals surface area contributed by atoms with Crippen molar-refractivity contribution < 1.29 is 0 Å². The number of nitrogens with one attached hydrogen (secondary N) is 1. The summed E-state index contributed by atoms with van der Waals surface area (Å²) in [6.07, 6.45) is 12.5. The maximum absolute atomic E-state index is 3.71. The molecule has 5 rings (SSSR count). The first-order valence-corrected chi connectivity index (χ1v) is 8.11. The van der Waals surface area contributed by atoms with Gasteiger partial charge in [-0.15, -0.1) is 0 Å². The summed E-state index contributed by atoms with van der Waals surface area (Å²) in [4.78, 5) is 0. The number of hydrogen-bond acceptors (Lipinski definition) is 1. The molecule has 0 aromatic carbocycles. The van der Waals surface area contributed by atoms with Crippen molar-refractivity contribution in [3.63, 3.8) is 0 Å². The van der Waals surface area contributed by atoms with Gasteiger partial charge in [0.25, 0.3) is 0 Å². The van der Waals surface area contributed by atoms with Crippen LogP contribution in [0, 0.1) is 35.5 Å². The minimum Gasteiger partial charge on any atom is -0.316 e. The molecule has 0 spiro atoms. The van der Waals surface area contributed by atoms with Crippen molar-refractivity contribution in [2.45, 2.75) is 51.4 Å². The molecule has 1 heteroatoms. The zero-order valence-electron chi connectivity index (χ0n) is 11.0. The highest BCUT2D eigenvalue weighted by Gasteiger charge is 2.50. The van der Waals surface area contributed by atoms with E-state index in [1.165, 1.54) is 32.4 Å². The molecule has 5 aliphatic rings. The standard InChI is InChI=1S/C16H27N/c1-2-4-17-10-13(3-1)16-14-6-11-5-12(8-14)9-15(16)7-11/h11-17H,1-10H2. The number of rotatable bonds is 1. The molecule has 1 aliphatic heterocycles. The predicted octanol–water partition coefficient (Wildman–Crippen LogP) is 3.45. The Morgan fingerprint density at radius 1 is 0.706 bits per heavy atom. The summed E-state index contributed by atoms with van der Waals surface area (Å²) >= 11 is 0. The van der Waals surface area contributed by atoms with Gasteiger partial charge in [0, 0.05) is 0 Å². The highest BCUT2D eigenvalue weighted by molar-refractivity contribution is 5.00. The van der Waals surface area contributed by atoms with Crippen LogP contribution >= 0.6 is 0 Å². The maximum atomic E-state index is 3.71. The summed E-state index contributed by atoms with van der Waals surface area (Å²) < 4.78 is 0. The van der Waals surface area contributed by atoms with Crippen molar-refractivity contribution in [2.24, 2.45) is 35.5 Å². The van der Waals surface area contributed by atoms with E-state index in [9.17, 15) is 0 Å². The van der Waals surface area contributed by atoms with E-state index in [1.54, 1.807) is 32.1 Å². The van der Waals surface area contributed by atoms with E-state index in [4.69, 9.17) is 0 Å². The van der Waals surface area contributed by atoms with Crippen LogP contribution < -0.4 is 5.32 Å². The number of hydrogen-bond donors (Lipinski definition) is 1. The Labute approximate surface area is 106 Å². The van der Waals surface area contributed by atoms with Crippen LogP contribution in [0.4, 0.5) is 0 Å². The second kappa shape index (κ2) is 4.26. The minimum atomic E-state index is 1.03. The Morgan fingerprint density at radius 2 is 1.41 bits per heavy atom. The molecule has 0 amide bonds. The van der Waals surface area contributed by atoms with Gasteiger partial charge in [0.05, 0.1) is 0 Å².